The SMILES string of the molecule is OCc1ccccc1.[Y]. The molecule has 0 aliphatic heterocycles. The molecule has 1 N–H and O–H groups in total. The fraction of sp³-hybridized carbons (Fsp3) is 0.143. The Balaban J connectivity index is 0.000000640. The Morgan fingerprint density at radius 2 is 1.67 bits per heavy atom. The second-order valence-electron chi connectivity index (χ2n) is 1.64. The Bertz CT molecular complexity index is 150. The summed E-state index contributed by atoms with van der Waals surface area (Å²) in [6.45, 7) is 0.140. The van der Waals surface area contributed by atoms with Gasteiger partial charge in [-0.15, -0.1) is 0 Å². The van der Waals surface area contributed by atoms with Gasteiger partial charge in [-0.2, -0.15) is 0 Å². The minimum Gasteiger partial charge on any atom is -0.392 e. The maximum Gasteiger partial charge on any atom is 0.0681 e. The van der Waals surface area contributed by atoms with Crippen LogP contribution < -0.4 is 0 Å². The Labute approximate surface area is 80.0 Å². The average Bonchev–Trinajstić information content (AvgIpc) is 1.90. The van der Waals surface area contributed by atoms with Gasteiger partial charge in [0.1, 0.15) is 0 Å². The van der Waals surface area contributed by atoms with E-state index in [-0.39, 0.29) is 39.3 Å². The van der Waals surface area contributed by atoms with Crippen molar-refractivity contribution in [2.75, 3.05) is 0 Å². The van der Waals surface area contributed by atoms with Crippen molar-refractivity contribution in [2.45, 2.75) is 6.61 Å². The van der Waals surface area contributed by atoms with Crippen molar-refractivity contribution < 1.29 is 37.8 Å². The van der Waals surface area contributed by atoms with Gasteiger partial charge < -0.3 is 5.11 Å². The summed E-state index contributed by atoms with van der Waals surface area (Å²) in [6.07, 6.45) is 0. The zero-order valence-electron chi connectivity index (χ0n) is 5.12. The first-order valence-electron chi connectivity index (χ1n) is 2.58. The average molecular weight is 197 g/mol. The molecule has 0 amide bonds. The summed E-state index contributed by atoms with van der Waals surface area (Å²) >= 11 is 0. The van der Waals surface area contributed by atoms with Crippen LogP contribution in [0.25, 0.3) is 0 Å². The molecule has 0 fully saturated rings. The first-order chi connectivity index (χ1) is 3.93. The summed E-state index contributed by atoms with van der Waals surface area (Å²) in [5.41, 5.74) is 0.965. The number of aliphatic hydroxyl groups is 1. The Kier molecular flexibility index (Phi) is 5.26. The van der Waals surface area contributed by atoms with E-state index in [4.69, 9.17) is 5.11 Å². The molecule has 1 nitrogen and oxygen atoms in total. The van der Waals surface area contributed by atoms with Crippen LogP contribution in [0.15, 0.2) is 30.3 Å². The third-order valence-corrected chi connectivity index (χ3v) is 1.03. The standard InChI is InChI=1S/C7H8O.Y/c8-6-7-4-2-1-3-5-7;/h1-5,8H,6H2;. The van der Waals surface area contributed by atoms with Crippen molar-refractivity contribution in [2.24, 2.45) is 0 Å². The molecular weight excluding hydrogens is 189 g/mol. The maximum atomic E-state index is 8.54. The maximum absolute atomic E-state index is 8.54. The van der Waals surface area contributed by atoms with Gasteiger partial charge >= 0.3 is 0 Å². The number of aliphatic hydroxyl groups excluding tert-OH is 1. The number of hydrogen-bond donors (Lipinski definition) is 1. The molecule has 9 heavy (non-hydrogen) atoms. The van der Waals surface area contributed by atoms with Crippen LogP contribution >= 0.6 is 0 Å². The smallest absolute Gasteiger partial charge is 0.0681 e. The predicted octanol–water partition coefficient (Wildman–Crippen LogP) is 1.18. The van der Waals surface area contributed by atoms with Crippen LogP contribution in [-0.2, 0) is 39.3 Å². The van der Waals surface area contributed by atoms with Gasteiger partial charge in [-0.3, -0.25) is 0 Å². The van der Waals surface area contributed by atoms with Crippen LogP contribution in [0.2, 0.25) is 0 Å². The van der Waals surface area contributed by atoms with Crippen molar-refractivity contribution in [1.82, 2.24) is 0 Å². The van der Waals surface area contributed by atoms with Crippen LogP contribution in [-0.4, -0.2) is 5.11 Å². The van der Waals surface area contributed by atoms with E-state index in [9.17, 15) is 0 Å². The summed E-state index contributed by atoms with van der Waals surface area (Å²) in [4.78, 5) is 0. The van der Waals surface area contributed by atoms with Crippen molar-refractivity contribution in [1.29, 1.82) is 0 Å². The van der Waals surface area contributed by atoms with Crippen LogP contribution in [0.3, 0.4) is 0 Å². The van der Waals surface area contributed by atoms with Gasteiger partial charge in [0.25, 0.3) is 0 Å². The van der Waals surface area contributed by atoms with Gasteiger partial charge in [0.15, 0.2) is 0 Å². The number of benzene rings is 1. The van der Waals surface area contributed by atoms with Crippen molar-refractivity contribution in [3.8, 4) is 0 Å². The molecule has 0 saturated carbocycles. The van der Waals surface area contributed by atoms with E-state index in [1.165, 1.54) is 0 Å². The topological polar surface area (TPSA) is 20.2 Å². The molecule has 0 bridgehead atoms. The number of hydrogen-bond acceptors (Lipinski definition) is 1. The van der Waals surface area contributed by atoms with Gasteiger partial charge in [-0.05, 0) is 5.56 Å². The third-order valence-electron chi connectivity index (χ3n) is 1.03. The van der Waals surface area contributed by atoms with Crippen LogP contribution in [0.4, 0.5) is 0 Å². The zero-order chi connectivity index (χ0) is 5.82. The zero-order valence-corrected chi connectivity index (χ0v) is 7.96. The fourth-order valence-electron chi connectivity index (χ4n) is 0.583. The van der Waals surface area contributed by atoms with E-state index in [0.717, 1.165) is 5.56 Å². The Morgan fingerprint density at radius 3 is 2.00 bits per heavy atom. The monoisotopic (exact) mass is 197 g/mol. The molecule has 0 aromatic heterocycles. The molecule has 45 valence electrons. The van der Waals surface area contributed by atoms with Crippen molar-refractivity contribution in [3.63, 3.8) is 0 Å². The summed E-state index contributed by atoms with van der Waals surface area (Å²) in [7, 11) is 0. The van der Waals surface area contributed by atoms with Crippen molar-refractivity contribution >= 4 is 0 Å². The third kappa shape index (κ3) is 3.09. The molecule has 0 heterocycles. The molecule has 0 atom stereocenters. The summed E-state index contributed by atoms with van der Waals surface area (Å²) in [5, 5.41) is 8.54. The van der Waals surface area contributed by atoms with Gasteiger partial charge in [-0.1, -0.05) is 30.3 Å². The minimum atomic E-state index is 0. The first-order valence-corrected chi connectivity index (χ1v) is 2.58. The molecule has 1 radical (unpaired) electrons. The summed E-state index contributed by atoms with van der Waals surface area (Å²) in [6, 6.07) is 9.52. The van der Waals surface area contributed by atoms with E-state index < -0.39 is 0 Å². The minimum absolute atomic E-state index is 0. The largest absolute Gasteiger partial charge is 0.392 e. The summed E-state index contributed by atoms with van der Waals surface area (Å²) in [5.74, 6) is 0. The Morgan fingerprint density at radius 1 is 1.11 bits per heavy atom. The van der Waals surface area contributed by atoms with E-state index in [2.05, 4.69) is 0 Å². The van der Waals surface area contributed by atoms with Crippen molar-refractivity contribution in [3.05, 3.63) is 35.9 Å². The van der Waals surface area contributed by atoms with Crippen LogP contribution in [0.5, 0.6) is 0 Å². The molecule has 1 aromatic rings. The normalized spacial score (nSPS) is 8.11. The first kappa shape index (κ1) is 9.28. The van der Waals surface area contributed by atoms with Gasteiger partial charge in [0.05, 0.1) is 6.61 Å². The van der Waals surface area contributed by atoms with Gasteiger partial charge in [0, 0.05) is 32.7 Å². The molecular formula is C7H8OY. The Hall–Kier alpha value is 0.284. The predicted molar refractivity (Wildman–Crippen MR) is 32.4 cm³/mol. The molecule has 1 rings (SSSR count). The molecule has 2 heteroatoms. The van der Waals surface area contributed by atoms with Crippen LogP contribution in [0, 0.1) is 0 Å². The number of rotatable bonds is 1. The van der Waals surface area contributed by atoms with Crippen LogP contribution in [0.1, 0.15) is 5.56 Å². The van der Waals surface area contributed by atoms with E-state index >= 15 is 0 Å². The molecule has 0 aliphatic carbocycles. The summed E-state index contributed by atoms with van der Waals surface area (Å²) < 4.78 is 0. The molecule has 1 aromatic carbocycles. The molecule has 0 aliphatic rings. The van der Waals surface area contributed by atoms with E-state index in [1.54, 1.807) is 0 Å². The van der Waals surface area contributed by atoms with Gasteiger partial charge in [0.2, 0.25) is 0 Å². The molecule has 0 unspecified atom stereocenters. The van der Waals surface area contributed by atoms with E-state index in [1.807, 2.05) is 30.3 Å². The molecule has 0 saturated heterocycles. The van der Waals surface area contributed by atoms with E-state index in [0.29, 0.717) is 0 Å². The second kappa shape index (κ2) is 5.10. The van der Waals surface area contributed by atoms with Gasteiger partial charge in [-0.25, -0.2) is 0 Å². The molecule has 0 spiro atoms. The quantitative estimate of drug-likeness (QED) is 0.716. The second-order valence-corrected chi connectivity index (χ2v) is 1.64. The fourth-order valence-corrected chi connectivity index (χ4v) is 0.583.